The standard InChI is InChI=1S/C14H25N3O/c1-3-18-14(9-4-5-10-14)13(15)7-6-12-8-11-16-17(12)2/h8,11,13H,3-7,9-10,15H2,1-2H3. The van der Waals surface area contributed by atoms with Crippen molar-refractivity contribution in [2.75, 3.05) is 6.61 Å². The summed E-state index contributed by atoms with van der Waals surface area (Å²) < 4.78 is 7.93. The fraction of sp³-hybridized carbons (Fsp3) is 0.786. The fourth-order valence-electron chi connectivity index (χ4n) is 3.10. The SMILES string of the molecule is CCOC1(C(N)CCc2ccnn2C)CCCC1. The van der Waals surface area contributed by atoms with Gasteiger partial charge in [0.25, 0.3) is 0 Å². The highest BCUT2D eigenvalue weighted by Gasteiger charge is 2.39. The summed E-state index contributed by atoms with van der Waals surface area (Å²) in [5.74, 6) is 0. The molecule has 1 fully saturated rings. The third-order valence-corrected chi connectivity index (χ3v) is 4.19. The van der Waals surface area contributed by atoms with Gasteiger partial charge in [-0.05, 0) is 38.7 Å². The molecular weight excluding hydrogens is 226 g/mol. The van der Waals surface area contributed by atoms with E-state index in [-0.39, 0.29) is 11.6 Å². The first-order chi connectivity index (χ1) is 8.68. The second kappa shape index (κ2) is 5.85. The molecule has 102 valence electrons. The normalized spacial score (nSPS) is 20.2. The first kappa shape index (κ1) is 13.6. The molecule has 2 N–H and O–H groups in total. The van der Waals surface area contributed by atoms with Gasteiger partial charge >= 0.3 is 0 Å². The molecule has 0 bridgehead atoms. The first-order valence-corrected chi connectivity index (χ1v) is 7.04. The van der Waals surface area contributed by atoms with Crippen LogP contribution in [0.3, 0.4) is 0 Å². The number of nitrogens with two attached hydrogens (primary N) is 1. The van der Waals surface area contributed by atoms with Crippen molar-refractivity contribution < 1.29 is 4.74 Å². The monoisotopic (exact) mass is 251 g/mol. The Kier molecular flexibility index (Phi) is 4.40. The summed E-state index contributed by atoms with van der Waals surface area (Å²) in [5.41, 5.74) is 7.60. The summed E-state index contributed by atoms with van der Waals surface area (Å²) in [6.07, 6.45) is 8.53. The van der Waals surface area contributed by atoms with Gasteiger partial charge in [-0.3, -0.25) is 4.68 Å². The van der Waals surface area contributed by atoms with Gasteiger partial charge in [-0.2, -0.15) is 5.10 Å². The molecule has 1 aliphatic carbocycles. The van der Waals surface area contributed by atoms with Crippen molar-refractivity contribution in [1.29, 1.82) is 0 Å². The molecule has 2 rings (SSSR count). The quantitative estimate of drug-likeness (QED) is 0.841. The van der Waals surface area contributed by atoms with Gasteiger partial charge in [0.15, 0.2) is 0 Å². The van der Waals surface area contributed by atoms with Gasteiger partial charge in [0, 0.05) is 31.6 Å². The number of rotatable bonds is 6. The van der Waals surface area contributed by atoms with Crippen LogP contribution in [-0.2, 0) is 18.2 Å². The van der Waals surface area contributed by atoms with Crippen molar-refractivity contribution >= 4 is 0 Å². The van der Waals surface area contributed by atoms with Crippen molar-refractivity contribution in [3.63, 3.8) is 0 Å². The predicted molar refractivity (Wildman–Crippen MR) is 72.3 cm³/mol. The number of nitrogens with zero attached hydrogens (tertiary/aromatic N) is 2. The van der Waals surface area contributed by atoms with E-state index in [1.54, 1.807) is 0 Å². The Morgan fingerprint density at radius 3 is 2.78 bits per heavy atom. The highest BCUT2D eigenvalue weighted by molar-refractivity contribution is 5.03. The average Bonchev–Trinajstić information content (AvgIpc) is 2.97. The molecule has 4 nitrogen and oxygen atoms in total. The number of ether oxygens (including phenoxy) is 1. The summed E-state index contributed by atoms with van der Waals surface area (Å²) in [6, 6.07) is 2.20. The molecule has 1 atom stereocenters. The number of hydrogen-bond acceptors (Lipinski definition) is 3. The Balaban J connectivity index is 1.93. The zero-order valence-corrected chi connectivity index (χ0v) is 11.6. The third-order valence-electron chi connectivity index (χ3n) is 4.19. The van der Waals surface area contributed by atoms with Gasteiger partial charge in [-0.1, -0.05) is 12.8 Å². The zero-order valence-electron chi connectivity index (χ0n) is 11.6. The maximum atomic E-state index is 6.41. The van der Waals surface area contributed by atoms with Crippen LogP contribution in [0.1, 0.15) is 44.7 Å². The predicted octanol–water partition coefficient (Wildman–Crippen LogP) is 2.03. The Morgan fingerprint density at radius 1 is 1.50 bits per heavy atom. The van der Waals surface area contributed by atoms with Crippen molar-refractivity contribution in [2.24, 2.45) is 12.8 Å². The highest BCUT2D eigenvalue weighted by atomic mass is 16.5. The lowest BCUT2D eigenvalue weighted by molar-refractivity contribution is -0.0542. The van der Waals surface area contributed by atoms with E-state index in [2.05, 4.69) is 18.1 Å². The minimum Gasteiger partial charge on any atom is -0.374 e. The summed E-state index contributed by atoms with van der Waals surface area (Å²) in [7, 11) is 1.98. The Hall–Kier alpha value is -0.870. The van der Waals surface area contributed by atoms with Gasteiger partial charge in [0.2, 0.25) is 0 Å². The second-order valence-corrected chi connectivity index (χ2v) is 5.30. The van der Waals surface area contributed by atoms with Gasteiger partial charge in [-0.15, -0.1) is 0 Å². The largest absolute Gasteiger partial charge is 0.374 e. The molecule has 1 aromatic heterocycles. The summed E-state index contributed by atoms with van der Waals surface area (Å²) in [4.78, 5) is 0. The molecule has 4 heteroatoms. The lowest BCUT2D eigenvalue weighted by atomic mass is 9.89. The van der Waals surface area contributed by atoms with Crippen LogP contribution in [0.5, 0.6) is 0 Å². The maximum Gasteiger partial charge on any atom is 0.0832 e. The summed E-state index contributed by atoms with van der Waals surface area (Å²) in [6.45, 7) is 2.83. The van der Waals surface area contributed by atoms with Crippen LogP contribution in [0.15, 0.2) is 12.3 Å². The topological polar surface area (TPSA) is 53.1 Å². The molecule has 0 aromatic carbocycles. The van der Waals surface area contributed by atoms with E-state index < -0.39 is 0 Å². The molecule has 0 amide bonds. The van der Waals surface area contributed by atoms with Gasteiger partial charge < -0.3 is 10.5 Å². The zero-order chi connectivity index (χ0) is 13.0. The lowest BCUT2D eigenvalue weighted by Gasteiger charge is -2.35. The number of aryl methyl sites for hydroxylation is 2. The molecule has 18 heavy (non-hydrogen) atoms. The van der Waals surface area contributed by atoms with Crippen LogP contribution in [0, 0.1) is 0 Å². The van der Waals surface area contributed by atoms with E-state index in [0.29, 0.717) is 0 Å². The fourth-order valence-corrected chi connectivity index (χ4v) is 3.10. The van der Waals surface area contributed by atoms with E-state index in [1.165, 1.54) is 18.5 Å². The van der Waals surface area contributed by atoms with Crippen molar-refractivity contribution in [1.82, 2.24) is 9.78 Å². The van der Waals surface area contributed by atoms with Crippen molar-refractivity contribution in [3.05, 3.63) is 18.0 Å². The Bertz CT molecular complexity index is 369. The molecule has 0 radical (unpaired) electrons. The van der Waals surface area contributed by atoms with Crippen molar-refractivity contribution in [3.8, 4) is 0 Å². The lowest BCUT2D eigenvalue weighted by Crippen LogP contribution is -2.48. The van der Waals surface area contributed by atoms with E-state index in [9.17, 15) is 0 Å². The molecule has 1 heterocycles. The number of hydrogen-bond donors (Lipinski definition) is 1. The molecule has 1 unspecified atom stereocenters. The van der Waals surface area contributed by atoms with Gasteiger partial charge in [-0.25, -0.2) is 0 Å². The Morgan fingerprint density at radius 2 is 2.22 bits per heavy atom. The average molecular weight is 251 g/mol. The van der Waals surface area contributed by atoms with Crippen LogP contribution in [0.2, 0.25) is 0 Å². The Labute approximate surface area is 110 Å². The van der Waals surface area contributed by atoms with Crippen LogP contribution >= 0.6 is 0 Å². The van der Waals surface area contributed by atoms with E-state index in [0.717, 1.165) is 32.3 Å². The van der Waals surface area contributed by atoms with E-state index >= 15 is 0 Å². The molecule has 1 aliphatic rings. The number of aromatic nitrogens is 2. The van der Waals surface area contributed by atoms with Gasteiger partial charge in [0.1, 0.15) is 0 Å². The third kappa shape index (κ3) is 2.75. The van der Waals surface area contributed by atoms with E-state index in [4.69, 9.17) is 10.5 Å². The molecule has 1 saturated carbocycles. The maximum absolute atomic E-state index is 6.41. The highest BCUT2D eigenvalue weighted by Crippen LogP contribution is 2.36. The van der Waals surface area contributed by atoms with Crippen LogP contribution in [-0.4, -0.2) is 28.0 Å². The first-order valence-electron chi connectivity index (χ1n) is 7.04. The van der Waals surface area contributed by atoms with Crippen LogP contribution < -0.4 is 5.73 Å². The summed E-state index contributed by atoms with van der Waals surface area (Å²) in [5, 5.41) is 4.19. The molecule has 0 aliphatic heterocycles. The minimum absolute atomic E-state index is 0.0622. The molecule has 0 spiro atoms. The molecule has 1 aromatic rings. The van der Waals surface area contributed by atoms with Crippen LogP contribution in [0.25, 0.3) is 0 Å². The molecular formula is C14H25N3O. The summed E-state index contributed by atoms with van der Waals surface area (Å²) >= 11 is 0. The minimum atomic E-state index is -0.0622. The van der Waals surface area contributed by atoms with E-state index in [1.807, 2.05) is 17.9 Å². The smallest absolute Gasteiger partial charge is 0.0832 e. The molecule has 0 saturated heterocycles. The second-order valence-electron chi connectivity index (χ2n) is 5.30. The van der Waals surface area contributed by atoms with Crippen molar-refractivity contribution in [2.45, 2.75) is 57.1 Å². The van der Waals surface area contributed by atoms with Gasteiger partial charge in [0.05, 0.1) is 5.60 Å². The van der Waals surface area contributed by atoms with Crippen LogP contribution in [0.4, 0.5) is 0 Å².